The van der Waals surface area contributed by atoms with Gasteiger partial charge in [-0.05, 0) is 60.7 Å². The molecule has 0 aromatic carbocycles. The first-order chi connectivity index (χ1) is 21.8. The molecule has 0 aromatic heterocycles. The summed E-state index contributed by atoms with van der Waals surface area (Å²) in [5, 5.41) is 8.38. The summed E-state index contributed by atoms with van der Waals surface area (Å²) in [5.41, 5.74) is 6.39. The lowest BCUT2D eigenvalue weighted by Crippen LogP contribution is -2.45. The fourth-order valence-electron chi connectivity index (χ4n) is 5.95. The van der Waals surface area contributed by atoms with Crippen molar-refractivity contribution in [1.82, 2.24) is 20.9 Å². The topological polar surface area (TPSA) is 160 Å². The Labute approximate surface area is 291 Å². The summed E-state index contributed by atoms with van der Waals surface area (Å²) in [6, 6.07) is 0.117. The third-order valence-corrected chi connectivity index (χ3v) is 9.79. The lowest BCUT2D eigenvalue weighted by Gasteiger charge is -2.30. The van der Waals surface area contributed by atoms with E-state index in [0.29, 0.717) is 48.8 Å². The van der Waals surface area contributed by atoms with Crippen LogP contribution in [0.5, 0.6) is 0 Å². The van der Waals surface area contributed by atoms with Gasteiger partial charge >= 0.3 is 12.1 Å². The fraction of sp³-hybridized carbons (Fsp3) is 0.811. The maximum absolute atomic E-state index is 11.9. The molecule has 1 aliphatic heterocycles. The van der Waals surface area contributed by atoms with Crippen molar-refractivity contribution in [3.63, 3.8) is 0 Å². The summed E-state index contributed by atoms with van der Waals surface area (Å²) >= 11 is 0. The van der Waals surface area contributed by atoms with Gasteiger partial charge in [-0.1, -0.05) is 88.3 Å². The van der Waals surface area contributed by atoms with Crippen LogP contribution in [0.4, 0.5) is 9.59 Å². The Bertz CT molecular complexity index is 1110. The number of ketones is 1. The van der Waals surface area contributed by atoms with Crippen molar-refractivity contribution >= 4 is 29.7 Å². The van der Waals surface area contributed by atoms with Crippen LogP contribution in [-0.4, -0.2) is 73.4 Å². The van der Waals surface area contributed by atoms with Crippen molar-refractivity contribution < 1.29 is 28.7 Å². The number of hydrogen-bond donors (Lipinski definition) is 4. The van der Waals surface area contributed by atoms with Gasteiger partial charge in [0.05, 0.1) is 12.6 Å². The van der Waals surface area contributed by atoms with E-state index in [1.807, 2.05) is 32.6 Å². The average molecular weight is 680 g/mol. The number of nitrogens with two attached hydrogens (primary N) is 1. The van der Waals surface area contributed by atoms with Crippen molar-refractivity contribution in [3.8, 4) is 0 Å². The van der Waals surface area contributed by atoms with Crippen molar-refractivity contribution in [1.29, 1.82) is 0 Å². The highest BCUT2D eigenvalue weighted by atomic mass is 16.5. The number of amides is 5. The lowest BCUT2D eigenvalue weighted by atomic mass is 9.81. The fourth-order valence-corrected chi connectivity index (χ4v) is 5.95. The number of ether oxygens (including phenoxy) is 1. The number of nitrogens with zero attached hydrogens (tertiary/aromatic N) is 1. The third-order valence-electron chi connectivity index (χ3n) is 9.79. The molecule has 1 heterocycles. The first-order valence-electron chi connectivity index (χ1n) is 17.5. The number of piperidine rings is 1. The number of rotatable bonds is 13. The van der Waals surface area contributed by atoms with Gasteiger partial charge in [-0.2, -0.15) is 0 Å². The van der Waals surface area contributed by atoms with Gasteiger partial charge in [-0.15, -0.1) is 0 Å². The molecular weight excluding hydrogens is 610 g/mol. The van der Waals surface area contributed by atoms with E-state index in [1.165, 1.54) is 0 Å². The monoisotopic (exact) mass is 680 g/mol. The Kier molecular flexibility index (Phi) is 17.9. The minimum Gasteiger partial charge on any atom is -0.449 e. The Morgan fingerprint density at radius 3 is 1.96 bits per heavy atom. The first kappa shape index (κ1) is 44.9. The predicted molar refractivity (Wildman–Crippen MR) is 193 cm³/mol. The number of carbonyl (C=O) groups is 5. The molecule has 1 aliphatic carbocycles. The number of carbonyl (C=O) groups excluding carboxylic acids is 5. The van der Waals surface area contributed by atoms with Crippen molar-refractivity contribution in [2.45, 2.75) is 116 Å². The summed E-state index contributed by atoms with van der Waals surface area (Å²) in [6.07, 6.45) is 1.30. The second-order valence-electron chi connectivity index (χ2n) is 16.4. The van der Waals surface area contributed by atoms with Crippen LogP contribution < -0.4 is 21.7 Å². The molecular formula is C37H69N5O6. The number of nitrogens with one attached hydrogen (secondary N) is 3. The minimum atomic E-state index is -0.821. The largest absolute Gasteiger partial charge is 0.449 e. The molecule has 11 nitrogen and oxygen atoms in total. The van der Waals surface area contributed by atoms with Crippen molar-refractivity contribution in [2.75, 3.05) is 32.8 Å². The molecule has 3 unspecified atom stereocenters. The Morgan fingerprint density at radius 2 is 1.54 bits per heavy atom. The van der Waals surface area contributed by atoms with Gasteiger partial charge in [0.2, 0.25) is 11.7 Å². The molecule has 2 aliphatic rings. The number of alkyl carbamates (subject to hydrolysis) is 1. The van der Waals surface area contributed by atoms with Crippen LogP contribution in [0.15, 0.2) is 12.2 Å². The first-order valence-corrected chi connectivity index (χ1v) is 17.5. The normalized spacial score (nSPS) is 20.4. The highest BCUT2D eigenvalue weighted by molar-refractivity contribution is 6.36. The Balaban J connectivity index is 0.000000748. The summed E-state index contributed by atoms with van der Waals surface area (Å²) < 4.78 is 5.21. The predicted octanol–water partition coefficient (Wildman–Crippen LogP) is 5.92. The van der Waals surface area contributed by atoms with E-state index in [9.17, 15) is 24.0 Å². The molecule has 1 saturated carbocycles. The highest BCUT2D eigenvalue weighted by Gasteiger charge is 2.67. The van der Waals surface area contributed by atoms with Gasteiger partial charge in [-0.3, -0.25) is 14.4 Å². The van der Waals surface area contributed by atoms with Crippen LogP contribution >= 0.6 is 0 Å². The Hall–Kier alpha value is -3.11. The second kappa shape index (κ2) is 19.2. The highest BCUT2D eigenvalue weighted by Crippen LogP contribution is 2.65. The molecule has 2 fully saturated rings. The van der Waals surface area contributed by atoms with Gasteiger partial charge < -0.3 is 31.3 Å². The van der Waals surface area contributed by atoms with Crippen LogP contribution in [0, 0.1) is 45.8 Å². The molecule has 278 valence electrons. The van der Waals surface area contributed by atoms with Gasteiger partial charge in [-0.25, -0.2) is 9.59 Å². The molecule has 5 N–H and O–H groups in total. The summed E-state index contributed by atoms with van der Waals surface area (Å²) in [6.45, 7) is 35.3. The zero-order valence-electron chi connectivity index (χ0n) is 32.6. The van der Waals surface area contributed by atoms with E-state index in [-0.39, 0.29) is 41.2 Å². The van der Waals surface area contributed by atoms with E-state index in [1.54, 1.807) is 13.8 Å². The van der Waals surface area contributed by atoms with Crippen molar-refractivity contribution in [3.05, 3.63) is 12.2 Å². The molecule has 5 amide bonds. The molecule has 0 spiro atoms. The van der Waals surface area contributed by atoms with Crippen LogP contribution in [-0.2, 0) is 19.1 Å². The number of hydrogen-bond acceptors (Lipinski definition) is 6. The molecule has 2 rings (SSSR count). The lowest BCUT2D eigenvalue weighted by molar-refractivity contribution is -0.138. The second-order valence-corrected chi connectivity index (χ2v) is 16.4. The number of Topliss-reactive ketones (excluding diaryl/α,β-unsaturated/α-hetero) is 1. The number of likely N-dealkylation sites (tertiary alicyclic amines) is 1. The summed E-state index contributed by atoms with van der Waals surface area (Å²) in [4.78, 5) is 58.1. The summed E-state index contributed by atoms with van der Waals surface area (Å²) in [5.74, 6) is 0.505. The molecule has 0 bridgehead atoms. The van der Waals surface area contributed by atoms with Gasteiger partial charge in [0.1, 0.15) is 0 Å². The molecule has 48 heavy (non-hydrogen) atoms. The molecule has 5 atom stereocenters. The van der Waals surface area contributed by atoms with Crippen LogP contribution in [0.3, 0.4) is 0 Å². The average Bonchev–Trinajstić information content (AvgIpc) is 3.27. The zero-order valence-corrected chi connectivity index (χ0v) is 32.6. The van der Waals surface area contributed by atoms with Gasteiger partial charge in [0.25, 0.3) is 5.91 Å². The van der Waals surface area contributed by atoms with Crippen molar-refractivity contribution in [2.24, 2.45) is 51.6 Å². The SMILES string of the molecule is C=C(C)C1[C@@H]2[C@H](CN1C(C)=O)C2(C)C.CC(C)CC(C)C(=O)C(N)=O.CCNC(=O)OCC(CNC(=O)NCC(C)(C)CC)C(C)(C)C. The minimum absolute atomic E-state index is 0.0371. The van der Waals surface area contributed by atoms with E-state index in [0.717, 1.165) is 25.0 Å². The van der Waals surface area contributed by atoms with E-state index in [2.05, 4.69) is 77.9 Å². The van der Waals surface area contributed by atoms with E-state index >= 15 is 0 Å². The van der Waals surface area contributed by atoms with E-state index in [4.69, 9.17) is 10.5 Å². The molecule has 0 radical (unpaired) electrons. The maximum atomic E-state index is 11.9. The Morgan fingerprint density at radius 1 is 0.979 bits per heavy atom. The van der Waals surface area contributed by atoms with E-state index < -0.39 is 17.8 Å². The maximum Gasteiger partial charge on any atom is 0.407 e. The number of fused-ring (bicyclic) bond motifs is 1. The van der Waals surface area contributed by atoms with Crippen LogP contribution in [0.25, 0.3) is 0 Å². The summed E-state index contributed by atoms with van der Waals surface area (Å²) in [7, 11) is 0. The van der Waals surface area contributed by atoms with Gasteiger partial charge in [0, 0.05) is 44.9 Å². The molecule has 1 saturated heterocycles. The van der Waals surface area contributed by atoms with Crippen LogP contribution in [0.1, 0.15) is 110 Å². The molecule has 11 heteroatoms. The standard InChI is InChI=1S/C17H35N3O3.C12H19NO.C8H15NO2/c1-8-17(6,7)12-20-14(21)19-10-13(16(3,4)5)11-23-15(22)18-9-2;1-7(2)11-10-9(12(10,4)5)6-13(11)8(3)14;1-5(2)4-6(3)7(10)8(9)11/h13H,8-12H2,1-7H3,(H,18,22)(H2,19,20,21);9-11H,1,6H2,2-5H3;5-6H,4H2,1-3H3,(H2,9,11)/t;9-,10-,11?;/m.0./s1. The quantitative estimate of drug-likeness (QED) is 0.140. The number of urea groups is 1. The van der Waals surface area contributed by atoms with Gasteiger partial charge in [0.15, 0.2) is 0 Å². The number of primary amides is 1. The zero-order chi connectivity index (χ0) is 37.8. The van der Waals surface area contributed by atoms with Crippen LogP contribution in [0.2, 0.25) is 0 Å². The smallest absolute Gasteiger partial charge is 0.407 e. The third kappa shape index (κ3) is 15.0. The molecule has 0 aromatic rings.